The van der Waals surface area contributed by atoms with Crippen molar-refractivity contribution >= 4 is 25.8 Å². The van der Waals surface area contributed by atoms with Crippen LogP contribution in [0.3, 0.4) is 0 Å². The summed E-state index contributed by atoms with van der Waals surface area (Å²) in [5.41, 5.74) is 0. The molecule has 2 heterocycles. The molecule has 0 bridgehead atoms. The zero-order chi connectivity index (χ0) is 11.8. The summed E-state index contributed by atoms with van der Waals surface area (Å²) in [6.45, 7) is 0. The second kappa shape index (κ2) is 4.37. The van der Waals surface area contributed by atoms with Crippen molar-refractivity contribution in [2.45, 2.75) is 18.9 Å². The second-order valence-electron chi connectivity index (χ2n) is 3.86. The summed E-state index contributed by atoms with van der Waals surface area (Å²) in [7, 11) is -1.36. The first-order valence-corrected chi connectivity index (χ1v) is 7.62. The summed E-state index contributed by atoms with van der Waals surface area (Å²) in [5.74, 6) is 1.08. The van der Waals surface area contributed by atoms with Crippen molar-refractivity contribution in [1.82, 2.24) is 9.78 Å². The van der Waals surface area contributed by atoms with E-state index in [0.29, 0.717) is 22.5 Å². The quantitative estimate of drug-likeness (QED) is 0.828. The maximum absolute atomic E-state index is 11.5. The van der Waals surface area contributed by atoms with Gasteiger partial charge in [0.25, 0.3) is 0 Å². The Bertz CT molecular complexity index is 483. The molecule has 1 aliphatic heterocycles. The van der Waals surface area contributed by atoms with Crippen molar-refractivity contribution in [2.24, 2.45) is 0 Å². The van der Waals surface area contributed by atoms with Crippen LogP contribution in [0.2, 0.25) is 0 Å². The Morgan fingerprint density at radius 3 is 2.94 bits per heavy atom. The van der Waals surface area contributed by atoms with Crippen LogP contribution in [0.4, 0.5) is 0 Å². The van der Waals surface area contributed by atoms with E-state index in [1.807, 2.05) is 0 Å². The van der Waals surface area contributed by atoms with E-state index in [-0.39, 0.29) is 11.8 Å². The molecule has 7 heteroatoms. The van der Waals surface area contributed by atoms with Gasteiger partial charge in [0.1, 0.15) is 4.60 Å². The summed E-state index contributed by atoms with van der Waals surface area (Å²) < 4.78 is 30.6. The average Bonchev–Trinajstić information content (AvgIpc) is 2.58. The minimum absolute atomic E-state index is 0.0861. The molecule has 0 aromatic carbocycles. The standard InChI is InChI=1S/C9H13BrN2O3S/c1-15-8-5-11-12(9(8)10)7-3-2-4-16(13,14)6-7/h5,7H,2-4,6H2,1H3. The second-order valence-corrected chi connectivity index (χ2v) is 6.84. The summed E-state index contributed by atoms with van der Waals surface area (Å²) in [4.78, 5) is 0. The molecular weight excluding hydrogens is 296 g/mol. The summed E-state index contributed by atoms with van der Waals surface area (Å²) in [5, 5.41) is 4.16. The van der Waals surface area contributed by atoms with Gasteiger partial charge in [-0.05, 0) is 28.8 Å². The zero-order valence-electron chi connectivity index (χ0n) is 8.89. The Labute approximate surface area is 103 Å². The third kappa shape index (κ3) is 2.24. The molecule has 0 radical (unpaired) electrons. The fraction of sp³-hybridized carbons (Fsp3) is 0.667. The van der Waals surface area contributed by atoms with Gasteiger partial charge in [-0.3, -0.25) is 4.68 Å². The number of methoxy groups -OCH3 is 1. The number of sulfone groups is 1. The Morgan fingerprint density at radius 2 is 2.38 bits per heavy atom. The molecule has 2 rings (SSSR count). The number of halogens is 1. The number of aromatic nitrogens is 2. The maximum atomic E-state index is 11.5. The lowest BCUT2D eigenvalue weighted by atomic mass is 10.2. The predicted octanol–water partition coefficient (Wildman–Crippen LogP) is 1.40. The highest BCUT2D eigenvalue weighted by Gasteiger charge is 2.28. The molecule has 1 aromatic rings. The van der Waals surface area contributed by atoms with Crippen LogP contribution in [0.1, 0.15) is 18.9 Å². The molecule has 1 atom stereocenters. The molecule has 0 N–H and O–H groups in total. The molecule has 1 unspecified atom stereocenters. The fourth-order valence-corrected chi connectivity index (χ4v) is 4.23. The van der Waals surface area contributed by atoms with Crippen molar-refractivity contribution in [3.05, 3.63) is 10.8 Å². The Morgan fingerprint density at radius 1 is 1.62 bits per heavy atom. The Kier molecular flexibility index (Phi) is 3.25. The average molecular weight is 309 g/mol. The van der Waals surface area contributed by atoms with E-state index in [1.54, 1.807) is 18.0 Å². The molecule has 90 valence electrons. The van der Waals surface area contributed by atoms with E-state index in [1.165, 1.54) is 0 Å². The zero-order valence-corrected chi connectivity index (χ0v) is 11.3. The lowest BCUT2D eigenvalue weighted by Crippen LogP contribution is -2.28. The molecule has 16 heavy (non-hydrogen) atoms. The minimum Gasteiger partial charge on any atom is -0.492 e. The van der Waals surface area contributed by atoms with Crippen LogP contribution in [0.5, 0.6) is 5.75 Å². The first-order chi connectivity index (χ1) is 7.53. The van der Waals surface area contributed by atoms with Crippen LogP contribution in [-0.2, 0) is 9.84 Å². The van der Waals surface area contributed by atoms with Crippen LogP contribution in [0.25, 0.3) is 0 Å². The highest BCUT2D eigenvalue weighted by atomic mass is 79.9. The van der Waals surface area contributed by atoms with Crippen molar-refractivity contribution in [3.63, 3.8) is 0 Å². The highest BCUT2D eigenvalue weighted by molar-refractivity contribution is 9.10. The maximum Gasteiger partial charge on any atom is 0.171 e. The first kappa shape index (κ1) is 11.9. The highest BCUT2D eigenvalue weighted by Crippen LogP contribution is 2.31. The summed E-state index contributed by atoms with van der Waals surface area (Å²) in [6, 6.07) is -0.0861. The van der Waals surface area contributed by atoms with Gasteiger partial charge in [-0.15, -0.1) is 0 Å². The third-order valence-electron chi connectivity index (χ3n) is 2.71. The van der Waals surface area contributed by atoms with Crippen molar-refractivity contribution in [2.75, 3.05) is 18.6 Å². The molecule has 0 aliphatic carbocycles. The molecule has 0 amide bonds. The van der Waals surface area contributed by atoms with Crippen LogP contribution in [0, 0.1) is 0 Å². The van der Waals surface area contributed by atoms with Crippen LogP contribution >= 0.6 is 15.9 Å². The molecule has 0 spiro atoms. The van der Waals surface area contributed by atoms with Gasteiger partial charge in [0.15, 0.2) is 15.6 Å². The molecule has 5 nitrogen and oxygen atoms in total. The molecular formula is C9H13BrN2O3S. The largest absolute Gasteiger partial charge is 0.492 e. The van der Waals surface area contributed by atoms with E-state index in [0.717, 1.165) is 6.42 Å². The van der Waals surface area contributed by atoms with Gasteiger partial charge in [0.05, 0.1) is 30.9 Å². The molecule has 1 saturated heterocycles. The predicted molar refractivity (Wildman–Crippen MR) is 63.4 cm³/mol. The molecule has 0 saturated carbocycles. The van der Waals surface area contributed by atoms with Gasteiger partial charge in [-0.2, -0.15) is 5.10 Å². The van der Waals surface area contributed by atoms with E-state index < -0.39 is 9.84 Å². The lowest BCUT2D eigenvalue weighted by Gasteiger charge is -2.22. The van der Waals surface area contributed by atoms with Crippen LogP contribution in [0.15, 0.2) is 10.8 Å². The lowest BCUT2D eigenvalue weighted by molar-refractivity contribution is 0.400. The van der Waals surface area contributed by atoms with Crippen LogP contribution < -0.4 is 4.74 Å². The summed E-state index contributed by atoms with van der Waals surface area (Å²) in [6.07, 6.45) is 3.12. The number of hydrogen-bond acceptors (Lipinski definition) is 4. The Hall–Kier alpha value is -0.560. The fourth-order valence-electron chi connectivity index (χ4n) is 1.91. The molecule has 1 aromatic heterocycles. The third-order valence-corrected chi connectivity index (χ3v) is 5.27. The number of hydrogen-bond donors (Lipinski definition) is 0. The van der Waals surface area contributed by atoms with Gasteiger partial charge in [-0.25, -0.2) is 8.42 Å². The van der Waals surface area contributed by atoms with Crippen molar-refractivity contribution in [1.29, 1.82) is 0 Å². The number of ether oxygens (including phenoxy) is 1. The SMILES string of the molecule is COc1cnn(C2CCCS(=O)(=O)C2)c1Br. The van der Waals surface area contributed by atoms with E-state index >= 15 is 0 Å². The monoisotopic (exact) mass is 308 g/mol. The van der Waals surface area contributed by atoms with Gasteiger partial charge >= 0.3 is 0 Å². The van der Waals surface area contributed by atoms with Gasteiger partial charge in [0, 0.05) is 0 Å². The van der Waals surface area contributed by atoms with Gasteiger partial charge in [-0.1, -0.05) is 0 Å². The van der Waals surface area contributed by atoms with Crippen molar-refractivity contribution < 1.29 is 13.2 Å². The number of rotatable bonds is 2. The van der Waals surface area contributed by atoms with Crippen molar-refractivity contribution in [3.8, 4) is 5.75 Å². The Balaban J connectivity index is 2.27. The van der Waals surface area contributed by atoms with E-state index in [2.05, 4.69) is 21.0 Å². The van der Waals surface area contributed by atoms with E-state index in [9.17, 15) is 8.42 Å². The van der Waals surface area contributed by atoms with Gasteiger partial charge in [0.2, 0.25) is 0 Å². The minimum atomic E-state index is -2.92. The van der Waals surface area contributed by atoms with Crippen LogP contribution in [-0.4, -0.2) is 36.8 Å². The normalized spacial score (nSPS) is 24.2. The topological polar surface area (TPSA) is 61.2 Å². The first-order valence-electron chi connectivity index (χ1n) is 5.01. The number of nitrogens with zero attached hydrogens (tertiary/aromatic N) is 2. The smallest absolute Gasteiger partial charge is 0.171 e. The molecule has 1 fully saturated rings. The molecule has 1 aliphatic rings. The van der Waals surface area contributed by atoms with Gasteiger partial charge < -0.3 is 4.74 Å². The van der Waals surface area contributed by atoms with E-state index in [4.69, 9.17) is 4.74 Å². The summed E-state index contributed by atoms with van der Waals surface area (Å²) >= 11 is 3.37.